The van der Waals surface area contributed by atoms with Crippen LogP contribution in [0, 0.1) is 13.8 Å². The lowest BCUT2D eigenvalue weighted by Gasteiger charge is -2.10. The first-order chi connectivity index (χ1) is 10.1. The second kappa shape index (κ2) is 5.51. The number of fused-ring (bicyclic) bond motifs is 1. The minimum Gasteiger partial charge on any atom is -0.437 e. The van der Waals surface area contributed by atoms with Crippen molar-refractivity contribution in [3.05, 3.63) is 57.7 Å². The predicted octanol–water partition coefficient (Wildman–Crippen LogP) is 5.35. The monoisotopic (exact) mass is 318 g/mol. The van der Waals surface area contributed by atoms with Crippen LogP contribution in [0.2, 0.25) is 10.2 Å². The number of hydrogen-bond acceptors (Lipinski definition) is 3. The molecule has 0 unspecified atom stereocenters. The Hall–Kier alpha value is -1.84. The number of nitrogens with zero attached hydrogens (tertiary/aromatic N) is 2. The summed E-state index contributed by atoms with van der Waals surface area (Å²) in [6.45, 7) is 3.88. The van der Waals surface area contributed by atoms with Gasteiger partial charge in [0.15, 0.2) is 5.15 Å². The summed E-state index contributed by atoms with van der Waals surface area (Å²) in [7, 11) is 0. The molecular weight excluding hydrogens is 307 g/mol. The minimum absolute atomic E-state index is 0.362. The third kappa shape index (κ3) is 2.67. The van der Waals surface area contributed by atoms with E-state index in [0.29, 0.717) is 16.8 Å². The van der Waals surface area contributed by atoms with Gasteiger partial charge in [-0.2, -0.15) is 0 Å². The van der Waals surface area contributed by atoms with Gasteiger partial charge in [0.05, 0.1) is 0 Å². The SMILES string of the molecule is Cc1cc(Oc2nnc(Cl)c3ccccc23)cc(C)c1Cl. The Morgan fingerprint density at radius 2 is 1.52 bits per heavy atom. The second-order valence-electron chi connectivity index (χ2n) is 4.81. The van der Waals surface area contributed by atoms with Crippen LogP contribution in [0.1, 0.15) is 11.1 Å². The molecule has 3 aromatic rings. The minimum atomic E-state index is 0.362. The van der Waals surface area contributed by atoms with E-state index < -0.39 is 0 Å². The molecule has 0 amide bonds. The summed E-state index contributed by atoms with van der Waals surface area (Å²) >= 11 is 12.2. The van der Waals surface area contributed by atoms with E-state index >= 15 is 0 Å². The van der Waals surface area contributed by atoms with Crippen molar-refractivity contribution < 1.29 is 4.74 Å². The number of halogens is 2. The molecule has 5 heteroatoms. The van der Waals surface area contributed by atoms with Crippen molar-refractivity contribution in [2.24, 2.45) is 0 Å². The zero-order valence-electron chi connectivity index (χ0n) is 11.5. The van der Waals surface area contributed by atoms with Gasteiger partial charge < -0.3 is 4.74 Å². The topological polar surface area (TPSA) is 35.0 Å². The van der Waals surface area contributed by atoms with Crippen LogP contribution in [0.5, 0.6) is 11.6 Å². The molecule has 0 N–H and O–H groups in total. The normalized spacial score (nSPS) is 10.9. The first-order valence-corrected chi connectivity index (χ1v) is 7.17. The highest BCUT2D eigenvalue weighted by Crippen LogP contribution is 2.32. The second-order valence-corrected chi connectivity index (χ2v) is 5.55. The molecule has 0 saturated heterocycles. The first-order valence-electron chi connectivity index (χ1n) is 6.42. The molecule has 0 fully saturated rings. The standard InChI is InChI=1S/C16H12Cl2N2O/c1-9-7-11(8-10(2)14(9)17)21-16-13-6-4-3-5-12(13)15(18)19-20-16/h3-8H,1-2H3. The lowest BCUT2D eigenvalue weighted by Crippen LogP contribution is -1.94. The lowest BCUT2D eigenvalue weighted by atomic mass is 10.1. The quantitative estimate of drug-likeness (QED) is 0.639. The number of aromatic nitrogens is 2. The molecule has 106 valence electrons. The van der Waals surface area contributed by atoms with E-state index in [1.54, 1.807) is 0 Å². The highest BCUT2D eigenvalue weighted by Gasteiger charge is 2.11. The number of hydrogen-bond donors (Lipinski definition) is 0. The maximum absolute atomic E-state index is 6.17. The molecule has 3 nitrogen and oxygen atoms in total. The summed E-state index contributed by atoms with van der Waals surface area (Å²) in [4.78, 5) is 0. The smallest absolute Gasteiger partial charge is 0.246 e. The molecule has 0 radical (unpaired) electrons. The van der Waals surface area contributed by atoms with Gasteiger partial charge in [-0.1, -0.05) is 41.4 Å². The van der Waals surface area contributed by atoms with Gasteiger partial charge in [-0.3, -0.25) is 0 Å². The highest BCUT2D eigenvalue weighted by atomic mass is 35.5. The van der Waals surface area contributed by atoms with Crippen LogP contribution in [0.4, 0.5) is 0 Å². The fourth-order valence-corrected chi connectivity index (χ4v) is 2.51. The van der Waals surface area contributed by atoms with Gasteiger partial charge >= 0.3 is 0 Å². The summed E-state index contributed by atoms with van der Waals surface area (Å²) in [5, 5.41) is 10.7. The van der Waals surface area contributed by atoms with Gasteiger partial charge in [-0.15, -0.1) is 10.2 Å². The molecule has 3 rings (SSSR count). The van der Waals surface area contributed by atoms with Crippen molar-refractivity contribution in [2.75, 3.05) is 0 Å². The van der Waals surface area contributed by atoms with Crippen LogP contribution >= 0.6 is 23.2 Å². The van der Waals surface area contributed by atoms with Crippen molar-refractivity contribution in [3.63, 3.8) is 0 Å². The molecule has 0 aliphatic heterocycles. The molecule has 21 heavy (non-hydrogen) atoms. The van der Waals surface area contributed by atoms with E-state index in [4.69, 9.17) is 27.9 Å². The van der Waals surface area contributed by atoms with Crippen molar-refractivity contribution in [1.29, 1.82) is 0 Å². The third-order valence-corrected chi connectivity index (χ3v) is 4.11. The van der Waals surface area contributed by atoms with E-state index in [1.807, 2.05) is 50.2 Å². The first kappa shape index (κ1) is 14.1. The lowest BCUT2D eigenvalue weighted by molar-refractivity contribution is 0.461. The summed E-state index contributed by atoms with van der Waals surface area (Å²) in [6, 6.07) is 11.3. The molecule has 0 saturated carbocycles. The Morgan fingerprint density at radius 1 is 0.905 bits per heavy atom. The van der Waals surface area contributed by atoms with Crippen molar-refractivity contribution in [1.82, 2.24) is 10.2 Å². The Bertz CT molecular complexity index is 811. The van der Waals surface area contributed by atoms with Crippen LogP contribution in [0.25, 0.3) is 10.8 Å². The summed E-state index contributed by atoms with van der Waals surface area (Å²) in [5.74, 6) is 1.10. The van der Waals surface area contributed by atoms with Crippen molar-refractivity contribution in [2.45, 2.75) is 13.8 Å². The Kier molecular flexibility index (Phi) is 3.70. The molecular formula is C16H12Cl2N2O. The largest absolute Gasteiger partial charge is 0.437 e. The summed E-state index contributed by atoms with van der Waals surface area (Å²) < 4.78 is 5.87. The number of ether oxygens (including phenoxy) is 1. The molecule has 0 aliphatic carbocycles. The molecule has 1 aromatic heterocycles. The van der Waals surface area contributed by atoms with E-state index in [9.17, 15) is 0 Å². The molecule has 0 aliphatic rings. The van der Waals surface area contributed by atoms with E-state index in [-0.39, 0.29) is 0 Å². The maximum Gasteiger partial charge on any atom is 0.246 e. The zero-order chi connectivity index (χ0) is 15.0. The highest BCUT2D eigenvalue weighted by molar-refractivity contribution is 6.34. The average Bonchev–Trinajstić information content (AvgIpc) is 2.48. The van der Waals surface area contributed by atoms with Gasteiger partial charge in [0, 0.05) is 15.8 Å². The van der Waals surface area contributed by atoms with Crippen LogP contribution in [0.15, 0.2) is 36.4 Å². The number of rotatable bonds is 2. The molecule has 0 spiro atoms. The Morgan fingerprint density at radius 3 is 2.19 bits per heavy atom. The maximum atomic E-state index is 6.17. The van der Waals surface area contributed by atoms with Crippen LogP contribution in [-0.2, 0) is 0 Å². The van der Waals surface area contributed by atoms with E-state index in [0.717, 1.165) is 26.9 Å². The number of benzene rings is 2. The van der Waals surface area contributed by atoms with Gasteiger partial charge in [0.25, 0.3) is 0 Å². The zero-order valence-corrected chi connectivity index (χ0v) is 13.0. The van der Waals surface area contributed by atoms with Crippen LogP contribution in [0.3, 0.4) is 0 Å². The van der Waals surface area contributed by atoms with Crippen molar-refractivity contribution >= 4 is 34.0 Å². The fourth-order valence-electron chi connectivity index (χ4n) is 2.20. The van der Waals surface area contributed by atoms with Gasteiger partial charge in [-0.05, 0) is 43.2 Å². The third-order valence-electron chi connectivity index (χ3n) is 3.23. The van der Waals surface area contributed by atoms with Crippen LogP contribution in [-0.4, -0.2) is 10.2 Å². The van der Waals surface area contributed by atoms with Crippen LogP contribution < -0.4 is 4.74 Å². The average molecular weight is 319 g/mol. The van der Waals surface area contributed by atoms with Gasteiger partial charge in [-0.25, -0.2) is 0 Å². The molecule has 1 heterocycles. The van der Waals surface area contributed by atoms with Crippen molar-refractivity contribution in [3.8, 4) is 11.6 Å². The summed E-state index contributed by atoms with van der Waals surface area (Å²) in [5.41, 5.74) is 1.91. The Balaban J connectivity index is 2.09. The van der Waals surface area contributed by atoms with E-state index in [1.165, 1.54) is 0 Å². The van der Waals surface area contributed by atoms with E-state index in [2.05, 4.69) is 10.2 Å². The molecule has 0 atom stereocenters. The molecule has 0 bridgehead atoms. The summed E-state index contributed by atoms with van der Waals surface area (Å²) in [6.07, 6.45) is 0. The van der Waals surface area contributed by atoms with Gasteiger partial charge in [0.1, 0.15) is 5.75 Å². The fraction of sp³-hybridized carbons (Fsp3) is 0.125. The number of aryl methyl sites for hydroxylation is 2. The Labute approximate surface area is 132 Å². The van der Waals surface area contributed by atoms with Gasteiger partial charge in [0.2, 0.25) is 5.88 Å². The predicted molar refractivity (Wildman–Crippen MR) is 85.5 cm³/mol. The molecule has 2 aromatic carbocycles.